The van der Waals surface area contributed by atoms with Gasteiger partial charge in [-0.25, -0.2) is 9.97 Å². The average molecular weight is 295 g/mol. The number of hydrogen-bond donors (Lipinski definition) is 0. The molecule has 0 saturated carbocycles. The summed E-state index contributed by atoms with van der Waals surface area (Å²) < 4.78 is 7.92. The number of fused-ring (bicyclic) bond motifs is 1. The molecular weight excluding hydrogens is 284 g/mol. The lowest BCUT2D eigenvalue weighted by molar-refractivity contribution is 0.174. The number of halogens is 1. The number of aryl methyl sites for hydroxylation is 1. The molecule has 6 heteroatoms. The van der Waals surface area contributed by atoms with Crippen LogP contribution in [-0.4, -0.2) is 21.6 Å². The van der Waals surface area contributed by atoms with Gasteiger partial charge >= 0.3 is 0 Å². The first-order valence-electron chi connectivity index (χ1n) is 5.13. The number of imidazole rings is 1. The van der Waals surface area contributed by atoms with Gasteiger partial charge in [0.05, 0.1) is 12.5 Å². The Morgan fingerprint density at radius 1 is 1.59 bits per heavy atom. The largest absolute Gasteiger partial charge is 0.377 e. The van der Waals surface area contributed by atoms with Crippen molar-refractivity contribution in [2.24, 2.45) is 0 Å². The van der Waals surface area contributed by atoms with Crippen molar-refractivity contribution in [3.05, 3.63) is 22.6 Å². The predicted molar refractivity (Wildman–Crippen MR) is 66.2 cm³/mol. The van der Waals surface area contributed by atoms with E-state index in [-0.39, 0.29) is 0 Å². The van der Waals surface area contributed by atoms with Crippen molar-refractivity contribution in [3.63, 3.8) is 0 Å². The van der Waals surface area contributed by atoms with Gasteiger partial charge in [-0.15, -0.1) is 0 Å². The molecule has 0 aliphatic heterocycles. The van der Waals surface area contributed by atoms with Crippen LogP contribution in [0.3, 0.4) is 0 Å². The second kappa shape index (κ2) is 5.25. The van der Waals surface area contributed by atoms with E-state index in [4.69, 9.17) is 10.00 Å². The molecule has 0 radical (unpaired) electrons. The van der Waals surface area contributed by atoms with Crippen LogP contribution in [0, 0.1) is 11.3 Å². The minimum atomic E-state index is 0.416. The average Bonchev–Trinajstić information content (AvgIpc) is 2.63. The van der Waals surface area contributed by atoms with Crippen molar-refractivity contribution >= 4 is 27.1 Å². The molecule has 17 heavy (non-hydrogen) atoms. The quantitative estimate of drug-likeness (QED) is 0.868. The molecule has 0 aromatic carbocycles. The van der Waals surface area contributed by atoms with Gasteiger partial charge in [0.1, 0.15) is 17.9 Å². The van der Waals surface area contributed by atoms with E-state index < -0.39 is 0 Å². The maximum atomic E-state index is 8.66. The van der Waals surface area contributed by atoms with E-state index in [0.29, 0.717) is 19.6 Å². The van der Waals surface area contributed by atoms with Crippen LogP contribution in [0.25, 0.3) is 11.2 Å². The smallest absolute Gasteiger partial charge is 0.160 e. The van der Waals surface area contributed by atoms with Gasteiger partial charge in [0, 0.05) is 24.3 Å². The Kier molecular flexibility index (Phi) is 3.71. The summed E-state index contributed by atoms with van der Waals surface area (Å²) in [5.41, 5.74) is 1.60. The third-order valence-corrected chi connectivity index (χ3v) is 2.78. The number of nitrogens with zero attached hydrogens (tertiary/aromatic N) is 4. The van der Waals surface area contributed by atoms with Gasteiger partial charge in [-0.1, -0.05) is 0 Å². The van der Waals surface area contributed by atoms with Crippen molar-refractivity contribution in [1.29, 1.82) is 5.26 Å². The third-order valence-electron chi connectivity index (χ3n) is 2.35. The lowest BCUT2D eigenvalue weighted by Gasteiger charge is -2.04. The summed E-state index contributed by atoms with van der Waals surface area (Å²) in [6, 6.07) is 4.03. The number of pyridine rings is 1. The van der Waals surface area contributed by atoms with Crippen LogP contribution in [0.2, 0.25) is 0 Å². The molecule has 0 spiro atoms. The molecule has 0 bridgehead atoms. The molecule has 2 rings (SSSR count). The Bertz CT molecular complexity index is 573. The Labute approximate surface area is 107 Å². The first-order chi connectivity index (χ1) is 8.26. The van der Waals surface area contributed by atoms with Crippen LogP contribution in [-0.2, 0) is 17.9 Å². The van der Waals surface area contributed by atoms with Crippen molar-refractivity contribution in [1.82, 2.24) is 14.5 Å². The van der Waals surface area contributed by atoms with E-state index in [9.17, 15) is 0 Å². The van der Waals surface area contributed by atoms with Crippen molar-refractivity contribution in [2.45, 2.75) is 19.6 Å². The van der Waals surface area contributed by atoms with Crippen molar-refractivity contribution in [3.8, 4) is 6.07 Å². The van der Waals surface area contributed by atoms with E-state index in [0.717, 1.165) is 21.5 Å². The molecule has 0 aliphatic carbocycles. The van der Waals surface area contributed by atoms with Crippen LogP contribution in [0.5, 0.6) is 0 Å². The molecule has 2 aromatic heterocycles. The Morgan fingerprint density at radius 2 is 2.41 bits per heavy atom. The minimum absolute atomic E-state index is 0.416. The first-order valence-corrected chi connectivity index (χ1v) is 5.92. The fourth-order valence-electron chi connectivity index (χ4n) is 1.67. The maximum Gasteiger partial charge on any atom is 0.160 e. The molecule has 0 atom stereocenters. The lowest BCUT2D eigenvalue weighted by Crippen LogP contribution is -2.05. The molecule has 0 unspecified atom stereocenters. The number of methoxy groups -OCH3 is 1. The second-order valence-corrected chi connectivity index (χ2v) is 4.43. The van der Waals surface area contributed by atoms with Gasteiger partial charge in [0.2, 0.25) is 0 Å². The first kappa shape index (κ1) is 12.0. The normalized spacial score (nSPS) is 10.6. The SMILES string of the molecule is COCc1nc2cc(Br)cnc2n1CCC#N. The molecule has 2 aromatic rings. The van der Waals surface area contributed by atoms with Gasteiger partial charge in [-0.05, 0) is 22.0 Å². The highest BCUT2D eigenvalue weighted by atomic mass is 79.9. The van der Waals surface area contributed by atoms with Gasteiger partial charge in [-0.2, -0.15) is 5.26 Å². The molecule has 2 heterocycles. The van der Waals surface area contributed by atoms with Crippen LogP contribution >= 0.6 is 15.9 Å². The zero-order chi connectivity index (χ0) is 12.3. The molecule has 0 aliphatic rings. The number of nitriles is 1. The summed E-state index contributed by atoms with van der Waals surface area (Å²) in [6.07, 6.45) is 2.16. The van der Waals surface area contributed by atoms with Crippen LogP contribution in [0.4, 0.5) is 0 Å². The molecule has 0 N–H and O–H groups in total. The number of hydrogen-bond acceptors (Lipinski definition) is 4. The summed E-state index contributed by atoms with van der Waals surface area (Å²) in [6.45, 7) is 1.000. The summed E-state index contributed by atoms with van der Waals surface area (Å²) >= 11 is 3.36. The molecule has 0 fully saturated rings. The van der Waals surface area contributed by atoms with Gasteiger partial charge < -0.3 is 9.30 Å². The monoisotopic (exact) mass is 294 g/mol. The van der Waals surface area contributed by atoms with E-state index in [1.807, 2.05) is 10.6 Å². The van der Waals surface area contributed by atoms with E-state index in [1.165, 1.54) is 0 Å². The standard InChI is InChI=1S/C11H11BrN4O/c1-17-7-10-15-9-5-8(12)6-14-11(9)16(10)4-2-3-13/h5-6H,2,4,7H2,1H3. The fourth-order valence-corrected chi connectivity index (χ4v) is 1.99. The fraction of sp³-hybridized carbons (Fsp3) is 0.364. The van der Waals surface area contributed by atoms with Crippen LogP contribution in [0.15, 0.2) is 16.7 Å². The highest BCUT2D eigenvalue weighted by Gasteiger charge is 2.11. The molecule has 5 nitrogen and oxygen atoms in total. The topological polar surface area (TPSA) is 63.7 Å². The van der Waals surface area contributed by atoms with Gasteiger partial charge in [0.25, 0.3) is 0 Å². The summed E-state index contributed by atoms with van der Waals surface area (Å²) in [5.74, 6) is 0.795. The Morgan fingerprint density at radius 3 is 3.12 bits per heavy atom. The Hall–Kier alpha value is -1.45. The van der Waals surface area contributed by atoms with E-state index in [2.05, 4.69) is 32.0 Å². The molecule has 0 amide bonds. The zero-order valence-electron chi connectivity index (χ0n) is 9.35. The predicted octanol–water partition coefficient (Wildman–Crippen LogP) is 2.25. The van der Waals surface area contributed by atoms with Crippen LogP contribution in [0.1, 0.15) is 12.2 Å². The Balaban J connectivity index is 2.51. The van der Waals surface area contributed by atoms with Crippen molar-refractivity contribution in [2.75, 3.05) is 7.11 Å². The minimum Gasteiger partial charge on any atom is -0.377 e. The van der Waals surface area contributed by atoms with Gasteiger partial charge in [-0.3, -0.25) is 0 Å². The maximum absolute atomic E-state index is 8.66. The summed E-state index contributed by atoms with van der Waals surface area (Å²) in [7, 11) is 1.62. The van der Waals surface area contributed by atoms with Gasteiger partial charge in [0.15, 0.2) is 5.65 Å². The lowest BCUT2D eigenvalue weighted by atomic mass is 10.4. The number of ether oxygens (including phenoxy) is 1. The number of rotatable bonds is 4. The van der Waals surface area contributed by atoms with Crippen molar-refractivity contribution < 1.29 is 4.74 Å². The molecular formula is C11H11BrN4O. The summed E-state index contributed by atoms with van der Waals surface area (Å²) in [4.78, 5) is 8.78. The second-order valence-electron chi connectivity index (χ2n) is 3.52. The highest BCUT2D eigenvalue weighted by molar-refractivity contribution is 9.10. The van der Waals surface area contributed by atoms with E-state index in [1.54, 1.807) is 13.3 Å². The molecule has 88 valence electrons. The van der Waals surface area contributed by atoms with E-state index >= 15 is 0 Å². The summed E-state index contributed by atoms with van der Waals surface area (Å²) in [5, 5.41) is 8.66. The van der Waals surface area contributed by atoms with Crippen LogP contribution < -0.4 is 0 Å². The molecule has 0 saturated heterocycles. The highest BCUT2D eigenvalue weighted by Crippen LogP contribution is 2.19. The third kappa shape index (κ3) is 2.46. The number of aromatic nitrogens is 3. The zero-order valence-corrected chi connectivity index (χ0v) is 10.9.